The van der Waals surface area contributed by atoms with Crippen LogP contribution < -0.4 is 15.8 Å². The minimum absolute atomic E-state index is 0.0635. The minimum Gasteiger partial charge on any atom is -0.489 e. The van der Waals surface area contributed by atoms with Gasteiger partial charge in [0.25, 0.3) is 0 Å². The fraction of sp³-hybridized carbons (Fsp3) is 0.235. The van der Waals surface area contributed by atoms with Crippen LogP contribution >= 0.6 is 22.9 Å². The molecule has 0 aliphatic rings. The predicted molar refractivity (Wildman–Crippen MR) is 101 cm³/mol. The van der Waals surface area contributed by atoms with Crippen LogP contribution in [-0.4, -0.2) is 22.0 Å². The van der Waals surface area contributed by atoms with Gasteiger partial charge in [-0.05, 0) is 44.5 Å². The van der Waals surface area contributed by atoms with E-state index < -0.39 is 5.91 Å². The summed E-state index contributed by atoms with van der Waals surface area (Å²) >= 11 is 7.64. The summed E-state index contributed by atoms with van der Waals surface area (Å²) in [5.41, 5.74) is 7.34. The van der Waals surface area contributed by atoms with Crippen molar-refractivity contribution in [1.29, 1.82) is 0 Å². The van der Waals surface area contributed by atoms with Crippen LogP contribution in [0.2, 0.25) is 4.34 Å². The molecule has 0 aliphatic heterocycles. The molecule has 3 aromatic rings. The fourth-order valence-electron chi connectivity index (χ4n) is 2.40. The highest BCUT2D eigenvalue weighted by Crippen LogP contribution is 2.38. The van der Waals surface area contributed by atoms with Crippen LogP contribution in [0.4, 0.5) is 11.5 Å². The lowest BCUT2D eigenvalue weighted by Gasteiger charge is -2.16. The van der Waals surface area contributed by atoms with Crippen molar-refractivity contribution in [2.45, 2.75) is 26.9 Å². The monoisotopic (exact) mass is 376 g/mol. The molecule has 0 saturated heterocycles. The molecular weight excluding hydrogens is 360 g/mol. The predicted octanol–water partition coefficient (Wildman–Crippen LogP) is 4.28. The van der Waals surface area contributed by atoms with E-state index in [0.717, 1.165) is 15.8 Å². The molecule has 0 radical (unpaired) electrons. The van der Waals surface area contributed by atoms with Crippen LogP contribution in [0.25, 0.3) is 10.2 Å². The molecule has 1 amide bonds. The van der Waals surface area contributed by atoms with Crippen molar-refractivity contribution in [3.63, 3.8) is 0 Å². The topological polar surface area (TPSA) is 90.1 Å². The Hall–Kier alpha value is -2.38. The van der Waals surface area contributed by atoms with E-state index in [1.807, 2.05) is 20.8 Å². The van der Waals surface area contributed by atoms with Crippen molar-refractivity contribution >= 4 is 50.6 Å². The highest BCUT2D eigenvalue weighted by atomic mass is 35.5. The first kappa shape index (κ1) is 17.4. The van der Waals surface area contributed by atoms with Crippen molar-refractivity contribution < 1.29 is 9.53 Å². The number of benzene rings is 1. The van der Waals surface area contributed by atoms with Gasteiger partial charge in [0, 0.05) is 5.56 Å². The van der Waals surface area contributed by atoms with Gasteiger partial charge in [-0.2, -0.15) is 0 Å². The van der Waals surface area contributed by atoms with Crippen LogP contribution in [-0.2, 0) is 0 Å². The quantitative estimate of drug-likeness (QED) is 0.693. The molecule has 0 aliphatic carbocycles. The highest BCUT2D eigenvalue weighted by Gasteiger charge is 2.16. The normalized spacial score (nSPS) is 11.1. The number of nitrogens with one attached hydrogen (secondary N) is 1. The van der Waals surface area contributed by atoms with Gasteiger partial charge in [0.05, 0.1) is 21.5 Å². The maximum absolute atomic E-state index is 11.4. The van der Waals surface area contributed by atoms with E-state index in [1.54, 1.807) is 18.2 Å². The number of ether oxygens (including phenoxy) is 1. The Bertz CT molecular complexity index is 955. The molecule has 0 atom stereocenters. The van der Waals surface area contributed by atoms with Crippen LogP contribution in [0.5, 0.6) is 5.75 Å². The van der Waals surface area contributed by atoms with E-state index in [9.17, 15) is 4.79 Å². The molecule has 0 spiro atoms. The number of carbonyl (C=O) groups is 1. The van der Waals surface area contributed by atoms with E-state index in [0.29, 0.717) is 27.2 Å². The van der Waals surface area contributed by atoms with Crippen LogP contribution in [0.15, 0.2) is 24.5 Å². The van der Waals surface area contributed by atoms with E-state index in [4.69, 9.17) is 22.1 Å². The number of aryl methyl sites for hydroxylation is 1. The number of anilines is 2. The third-order valence-corrected chi connectivity index (χ3v) is 5.05. The lowest BCUT2D eigenvalue weighted by molar-refractivity contribution is 0.0999. The summed E-state index contributed by atoms with van der Waals surface area (Å²) in [4.78, 5) is 20.8. The zero-order valence-corrected chi connectivity index (χ0v) is 15.5. The van der Waals surface area contributed by atoms with Gasteiger partial charge < -0.3 is 15.8 Å². The molecule has 0 unspecified atom stereocenters. The molecule has 3 N–H and O–H groups in total. The number of hydrogen-bond acceptors (Lipinski definition) is 6. The Morgan fingerprint density at radius 3 is 2.80 bits per heavy atom. The number of aromatic nitrogens is 2. The smallest absolute Gasteiger partial charge is 0.248 e. The molecule has 0 saturated carbocycles. The van der Waals surface area contributed by atoms with E-state index in [2.05, 4.69) is 15.3 Å². The molecule has 0 bridgehead atoms. The molecule has 25 heavy (non-hydrogen) atoms. The fourth-order valence-corrected chi connectivity index (χ4v) is 3.59. The van der Waals surface area contributed by atoms with Crippen LogP contribution in [0.1, 0.15) is 29.8 Å². The Balaban J connectivity index is 2.07. The second-order valence-corrected chi connectivity index (χ2v) is 7.37. The number of halogens is 1. The van der Waals surface area contributed by atoms with Gasteiger partial charge in [0.1, 0.15) is 22.7 Å². The average Bonchev–Trinajstić information content (AvgIpc) is 2.84. The van der Waals surface area contributed by atoms with Crippen LogP contribution in [0.3, 0.4) is 0 Å². The van der Waals surface area contributed by atoms with Crippen molar-refractivity contribution in [2.24, 2.45) is 5.73 Å². The lowest BCUT2D eigenvalue weighted by Crippen LogP contribution is -2.13. The largest absolute Gasteiger partial charge is 0.489 e. The van der Waals surface area contributed by atoms with Crippen molar-refractivity contribution in [3.05, 3.63) is 40.0 Å². The Morgan fingerprint density at radius 2 is 2.12 bits per heavy atom. The number of rotatable bonds is 5. The van der Waals surface area contributed by atoms with Gasteiger partial charge in [-0.3, -0.25) is 4.79 Å². The third-order valence-electron chi connectivity index (χ3n) is 3.55. The van der Waals surface area contributed by atoms with Crippen molar-refractivity contribution in [2.75, 3.05) is 5.32 Å². The van der Waals surface area contributed by atoms with E-state index >= 15 is 0 Å². The van der Waals surface area contributed by atoms with E-state index in [-0.39, 0.29) is 6.10 Å². The second kappa shape index (κ2) is 6.85. The molecule has 6 nitrogen and oxygen atoms in total. The number of thiophene rings is 1. The van der Waals surface area contributed by atoms with Gasteiger partial charge >= 0.3 is 0 Å². The van der Waals surface area contributed by atoms with Gasteiger partial charge in [-0.15, -0.1) is 11.3 Å². The number of nitrogens with zero attached hydrogens (tertiary/aromatic N) is 2. The molecule has 2 heterocycles. The Labute approximate surface area is 154 Å². The minimum atomic E-state index is -0.509. The zero-order chi connectivity index (χ0) is 18.1. The zero-order valence-electron chi connectivity index (χ0n) is 14.0. The number of carbonyl (C=O) groups excluding carboxylic acids is 1. The Kier molecular flexibility index (Phi) is 4.78. The molecule has 8 heteroatoms. The number of amides is 1. The van der Waals surface area contributed by atoms with Gasteiger partial charge in [-0.1, -0.05) is 11.6 Å². The van der Waals surface area contributed by atoms with Crippen molar-refractivity contribution in [1.82, 2.24) is 9.97 Å². The highest BCUT2D eigenvalue weighted by molar-refractivity contribution is 7.22. The average molecular weight is 377 g/mol. The lowest BCUT2D eigenvalue weighted by atomic mass is 10.1. The first-order valence-corrected chi connectivity index (χ1v) is 8.83. The molecule has 3 rings (SSSR count). The first-order valence-electron chi connectivity index (χ1n) is 7.64. The second-order valence-electron chi connectivity index (χ2n) is 5.77. The number of nitrogens with two attached hydrogens (primary N) is 1. The van der Waals surface area contributed by atoms with Gasteiger partial charge in [-0.25, -0.2) is 9.97 Å². The molecular formula is C17H17ClN4O2S. The molecule has 0 fully saturated rings. The summed E-state index contributed by atoms with van der Waals surface area (Å²) in [7, 11) is 0. The Morgan fingerprint density at radius 1 is 1.36 bits per heavy atom. The van der Waals surface area contributed by atoms with Crippen molar-refractivity contribution in [3.8, 4) is 5.75 Å². The van der Waals surface area contributed by atoms with Gasteiger partial charge in [0.2, 0.25) is 5.91 Å². The maximum Gasteiger partial charge on any atom is 0.248 e. The summed E-state index contributed by atoms with van der Waals surface area (Å²) in [6.45, 7) is 5.75. The van der Waals surface area contributed by atoms with Crippen LogP contribution in [0, 0.1) is 6.92 Å². The van der Waals surface area contributed by atoms with E-state index in [1.165, 1.54) is 17.7 Å². The summed E-state index contributed by atoms with van der Waals surface area (Å²) in [6, 6.07) is 5.01. The summed E-state index contributed by atoms with van der Waals surface area (Å²) in [5, 5.41) is 4.13. The van der Waals surface area contributed by atoms with Gasteiger partial charge in [0.15, 0.2) is 0 Å². The molecule has 1 aromatic carbocycles. The summed E-state index contributed by atoms with van der Waals surface area (Å²) in [5.74, 6) is 0.646. The molecule has 130 valence electrons. The first-order chi connectivity index (χ1) is 11.9. The summed E-state index contributed by atoms with van der Waals surface area (Å²) in [6.07, 6.45) is 1.42. The SMILES string of the molecule is Cc1c(Cl)sc2ncnc(Nc3ccc(C(N)=O)cc3OC(C)C)c12. The third kappa shape index (κ3) is 3.52. The number of primary amides is 1. The summed E-state index contributed by atoms with van der Waals surface area (Å²) < 4.78 is 6.50. The maximum atomic E-state index is 11.4. The number of fused-ring (bicyclic) bond motifs is 1. The number of hydrogen-bond donors (Lipinski definition) is 2. The standard InChI is InChI=1S/C17H17ClN4O2S/c1-8(2)24-12-6-10(15(19)23)4-5-11(12)22-16-13-9(3)14(18)25-17(13)21-7-20-16/h4-8H,1-3H3,(H2,19,23)(H,20,21,22). The molecule has 2 aromatic heterocycles.